The van der Waals surface area contributed by atoms with E-state index in [9.17, 15) is 4.79 Å². The first-order valence-corrected chi connectivity index (χ1v) is 14.9. The van der Waals surface area contributed by atoms with Gasteiger partial charge in [-0.25, -0.2) is 4.79 Å². The SMILES string of the molecule is CCCCCCCCOc1ccc(OC(=O)c2ccc(-c3ccc(O[C@@H](C)CCCCCC)cc3)cc2)cc1. The third kappa shape index (κ3) is 11.2. The van der Waals surface area contributed by atoms with Crippen LogP contribution in [-0.2, 0) is 0 Å². The van der Waals surface area contributed by atoms with Gasteiger partial charge in [-0.3, -0.25) is 0 Å². The van der Waals surface area contributed by atoms with Gasteiger partial charge in [0.2, 0.25) is 0 Å². The number of ether oxygens (including phenoxy) is 3. The molecule has 4 heteroatoms. The average molecular weight is 531 g/mol. The number of hydrogen-bond acceptors (Lipinski definition) is 4. The quantitative estimate of drug-likeness (QED) is 0.0932. The van der Waals surface area contributed by atoms with Crippen molar-refractivity contribution in [3.8, 4) is 28.4 Å². The topological polar surface area (TPSA) is 44.8 Å². The zero-order valence-corrected chi connectivity index (χ0v) is 24.1. The number of hydrogen-bond donors (Lipinski definition) is 0. The highest BCUT2D eigenvalue weighted by Crippen LogP contribution is 2.25. The van der Waals surface area contributed by atoms with Gasteiger partial charge in [0, 0.05) is 0 Å². The van der Waals surface area contributed by atoms with Gasteiger partial charge in [0.1, 0.15) is 17.2 Å². The number of benzene rings is 3. The second-order valence-electron chi connectivity index (χ2n) is 10.4. The van der Waals surface area contributed by atoms with Gasteiger partial charge in [0.15, 0.2) is 0 Å². The molecule has 0 heterocycles. The van der Waals surface area contributed by atoms with Gasteiger partial charge in [0.05, 0.1) is 18.3 Å². The summed E-state index contributed by atoms with van der Waals surface area (Å²) in [4.78, 5) is 12.7. The maximum absolute atomic E-state index is 12.7. The fourth-order valence-corrected chi connectivity index (χ4v) is 4.52. The standard InChI is InChI=1S/C35H46O4/c1-4-6-8-10-11-13-27-37-32-23-25-34(26-24-32)39-35(36)31-17-15-29(16-18-31)30-19-21-33(22-20-30)38-28(3)14-12-9-7-5-2/h15-26,28H,4-14,27H2,1-3H3/t28-/m0/s1. The molecule has 0 N–H and O–H groups in total. The van der Waals surface area contributed by atoms with Crippen LogP contribution in [0.4, 0.5) is 0 Å². The van der Waals surface area contributed by atoms with Crippen molar-refractivity contribution in [3.05, 3.63) is 78.4 Å². The Labute approximate surface area is 235 Å². The van der Waals surface area contributed by atoms with E-state index in [2.05, 4.69) is 32.9 Å². The molecule has 0 aliphatic rings. The van der Waals surface area contributed by atoms with Crippen LogP contribution in [-0.4, -0.2) is 18.7 Å². The van der Waals surface area contributed by atoms with E-state index in [0.29, 0.717) is 17.9 Å². The Morgan fingerprint density at radius 2 is 1.13 bits per heavy atom. The zero-order valence-electron chi connectivity index (χ0n) is 24.1. The second-order valence-corrected chi connectivity index (χ2v) is 10.4. The van der Waals surface area contributed by atoms with E-state index in [0.717, 1.165) is 35.5 Å². The van der Waals surface area contributed by atoms with Gasteiger partial charge >= 0.3 is 5.97 Å². The summed E-state index contributed by atoms with van der Waals surface area (Å²) >= 11 is 0. The van der Waals surface area contributed by atoms with Crippen LogP contribution in [0, 0.1) is 0 Å². The van der Waals surface area contributed by atoms with Gasteiger partial charge in [-0.1, -0.05) is 89.5 Å². The van der Waals surface area contributed by atoms with Crippen LogP contribution < -0.4 is 14.2 Å². The molecule has 0 saturated carbocycles. The molecule has 0 fully saturated rings. The first-order chi connectivity index (χ1) is 19.1. The Kier molecular flexibility index (Phi) is 13.5. The van der Waals surface area contributed by atoms with Crippen molar-refractivity contribution in [1.82, 2.24) is 0 Å². The third-order valence-corrected chi connectivity index (χ3v) is 6.91. The molecular formula is C35H46O4. The van der Waals surface area contributed by atoms with Gasteiger partial charge in [-0.2, -0.15) is 0 Å². The van der Waals surface area contributed by atoms with Gasteiger partial charge in [-0.15, -0.1) is 0 Å². The molecular weight excluding hydrogens is 484 g/mol. The molecule has 0 spiro atoms. The molecule has 0 aliphatic carbocycles. The molecule has 0 bridgehead atoms. The lowest BCUT2D eigenvalue weighted by Crippen LogP contribution is -2.11. The third-order valence-electron chi connectivity index (χ3n) is 6.91. The summed E-state index contributed by atoms with van der Waals surface area (Å²) in [5, 5.41) is 0. The molecule has 0 aromatic heterocycles. The monoisotopic (exact) mass is 530 g/mol. The number of carbonyl (C=O) groups is 1. The largest absolute Gasteiger partial charge is 0.494 e. The summed E-state index contributed by atoms with van der Waals surface area (Å²) in [6, 6.07) is 22.9. The summed E-state index contributed by atoms with van der Waals surface area (Å²) < 4.78 is 17.4. The summed E-state index contributed by atoms with van der Waals surface area (Å²) in [6.07, 6.45) is 13.7. The summed E-state index contributed by atoms with van der Waals surface area (Å²) in [5.74, 6) is 1.82. The minimum Gasteiger partial charge on any atom is -0.494 e. The first-order valence-electron chi connectivity index (χ1n) is 14.9. The molecule has 0 radical (unpaired) electrons. The molecule has 0 saturated heterocycles. The van der Waals surface area contributed by atoms with Crippen LogP contribution in [0.15, 0.2) is 72.8 Å². The van der Waals surface area contributed by atoms with Crippen molar-refractivity contribution < 1.29 is 19.0 Å². The highest BCUT2D eigenvalue weighted by Gasteiger charge is 2.10. The van der Waals surface area contributed by atoms with E-state index in [4.69, 9.17) is 14.2 Å². The first kappa shape index (κ1) is 30.3. The molecule has 0 aliphatic heterocycles. The van der Waals surface area contributed by atoms with Crippen LogP contribution >= 0.6 is 0 Å². The van der Waals surface area contributed by atoms with Crippen LogP contribution in [0.2, 0.25) is 0 Å². The van der Waals surface area contributed by atoms with Crippen LogP contribution in [0.25, 0.3) is 11.1 Å². The second kappa shape index (κ2) is 17.3. The Balaban J connectivity index is 1.43. The van der Waals surface area contributed by atoms with E-state index in [-0.39, 0.29) is 12.1 Å². The number of carbonyl (C=O) groups excluding carboxylic acids is 1. The van der Waals surface area contributed by atoms with E-state index in [1.807, 2.05) is 36.4 Å². The number of rotatable bonds is 18. The highest BCUT2D eigenvalue weighted by molar-refractivity contribution is 5.91. The van der Waals surface area contributed by atoms with Gasteiger partial charge in [-0.05, 0) is 85.8 Å². The van der Waals surface area contributed by atoms with Crippen molar-refractivity contribution in [2.45, 2.75) is 97.5 Å². The molecule has 3 aromatic carbocycles. The molecule has 39 heavy (non-hydrogen) atoms. The predicted octanol–water partition coefficient (Wildman–Crippen LogP) is 10.0. The van der Waals surface area contributed by atoms with Gasteiger partial charge < -0.3 is 14.2 Å². The summed E-state index contributed by atoms with van der Waals surface area (Å²) in [5.41, 5.74) is 2.63. The molecule has 1 atom stereocenters. The van der Waals surface area contributed by atoms with Crippen LogP contribution in [0.1, 0.15) is 102 Å². The lowest BCUT2D eigenvalue weighted by molar-refractivity contribution is 0.0734. The van der Waals surface area contributed by atoms with E-state index >= 15 is 0 Å². The van der Waals surface area contributed by atoms with Crippen LogP contribution in [0.3, 0.4) is 0 Å². The molecule has 0 amide bonds. The van der Waals surface area contributed by atoms with Crippen molar-refractivity contribution in [1.29, 1.82) is 0 Å². The Bertz CT molecular complexity index is 1070. The summed E-state index contributed by atoms with van der Waals surface area (Å²) in [7, 11) is 0. The minimum atomic E-state index is -0.376. The minimum absolute atomic E-state index is 0.215. The molecule has 0 unspecified atom stereocenters. The van der Waals surface area contributed by atoms with Gasteiger partial charge in [0.25, 0.3) is 0 Å². The van der Waals surface area contributed by atoms with E-state index in [1.54, 1.807) is 24.3 Å². The van der Waals surface area contributed by atoms with Crippen molar-refractivity contribution in [2.24, 2.45) is 0 Å². The molecule has 4 nitrogen and oxygen atoms in total. The van der Waals surface area contributed by atoms with Crippen LogP contribution in [0.5, 0.6) is 17.2 Å². The Morgan fingerprint density at radius 3 is 1.77 bits per heavy atom. The number of unbranched alkanes of at least 4 members (excludes halogenated alkanes) is 8. The smallest absolute Gasteiger partial charge is 0.343 e. The van der Waals surface area contributed by atoms with Crippen molar-refractivity contribution >= 4 is 5.97 Å². The molecule has 3 rings (SSSR count). The maximum atomic E-state index is 12.7. The molecule has 3 aromatic rings. The van der Waals surface area contributed by atoms with E-state index < -0.39 is 0 Å². The Hall–Kier alpha value is -3.27. The van der Waals surface area contributed by atoms with E-state index in [1.165, 1.54) is 57.8 Å². The predicted molar refractivity (Wildman–Crippen MR) is 161 cm³/mol. The molecule has 210 valence electrons. The fraction of sp³-hybridized carbons (Fsp3) is 0.457. The zero-order chi connectivity index (χ0) is 27.7. The normalized spacial score (nSPS) is 11.7. The van der Waals surface area contributed by atoms with Crippen molar-refractivity contribution in [3.63, 3.8) is 0 Å². The van der Waals surface area contributed by atoms with Crippen molar-refractivity contribution in [2.75, 3.05) is 6.61 Å². The number of esters is 1. The lowest BCUT2D eigenvalue weighted by atomic mass is 10.0. The summed E-state index contributed by atoms with van der Waals surface area (Å²) in [6.45, 7) is 7.31. The Morgan fingerprint density at radius 1 is 0.615 bits per heavy atom. The average Bonchev–Trinajstić information content (AvgIpc) is 2.96. The fourth-order valence-electron chi connectivity index (χ4n) is 4.52. The lowest BCUT2D eigenvalue weighted by Gasteiger charge is -2.15. The highest BCUT2D eigenvalue weighted by atomic mass is 16.5. The maximum Gasteiger partial charge on any atom is 0.343 e.